The first-order valence-electron chi connectivity index (χ1n) is 3.42. The number of hydrogen-bond donors (Lipinski definition) is 2. The Morgan fingerprint density at radius 1 is 1.73 bits per heavy atom. The van der Waals surface area contributed by atoms with Crippen LogP contribution in [0, 0.1) is 0 Å². The zero-order valence-corrected chi connectivity index (χ0v) is 7.00. The van der Waals surface area contributed by atoms with Gasteiger partial charge in [-0.05, 0) is 20.8 Å². The van der Waals surface area contributed by atoms with Crippen molar-refractivity contribution in [2.45, 2.75) is 32.6 Å². The zero-order valence-electron chi connectivity index (χ0n) is 7.00. The SMILES string of the molecule is CC(C)OC(C)(C=O)N[B]O. The van der Waals surface area contributed by atoms with E-state index in [9.17, 15) is 4.79 Å². The molecule has 0 saturated carbocycles. The van der Waals surface area contributed by atoms with Crippen molar-refractivity contribution in [2.75, 3.05) is 0 Å². The van der Waals surface area contributed by atoms with E-state index in [1.807, 2.05) is 0 Å². The molecule has 0 aliphatic heterocycles. The Morgan fingerprint density at radius 2 is 2.27 bits per heavy atom. The fraction of sp³-hybridized carbons (Fsp3) is 0.833. The van der Waals surface area contributed by atoms with Crippen LogP contribution in [0.1, 0.15) is 20.8 Å². The number of carbonyl (C=O) groups excluding carboxylic acids is 1. The van der Waals surface area contributed by atoms with Crippen molar-refractivity contribution in [3.8, 4) is 0 Å². The first-order chi connectivity index (χ1) is 5.04. The second kappa shape index (κ2) is 4.48. The van der Waals surface area contributed by atoms with E-state index < -0.39 is 5.72 Å². The molecule has 0 aliphatic carbocycles. The molecule has 0 bridgehead atoms. The van der Waals surface area contributed by atoms with Gasteiger partial charge < -0.3 is 15.0 Å². The molecular weight excluding hydrogens is 145 g/mol. The summed E-state index contributed by atoms with van der Waals surface area (Å²) in [7, 11) is 0.691. The van der Waals surface area contributed by atoms with E-state index in [-0.39, 0.29) is 6.10 Å². The number of rotatable bonds is 5. The average Bonchev–Trinajstić information content (AvgIpc) is 1.87. The summed E-state index contributed by atoms with van der Waals surface area (Å²) >= 11 is 0. The maximum atomic E-state index is 10.4. The fourth-order valence-electron chi connectivity index (χ4n) is 0.714. The number of hydrogen-bond acceptors (Lipinski definition) is 4. The van der Waals surface area contributed by atoms with Crippen molar-refractivity contribution >= 4 is 13.9 Å². The molecule has 63 valence electrons. The fourth-order valence-corrected chi connectivity index (χ4v) is 0.714. The highest BCUT2D eigenvalue weighted by molar-refractivity contribution is 6.22. The van der Waals surface area contributed by atoms with E-state index in [0.717, 1.165) is 0 Å². The first kappa shape index (κ1) is 10.6. The van der Waals surface area contributed by atoms with E-state index in [1.165, 1.54) is 6.92 Å². The summed E-state index contributed by atoms with van der Waals surface area (Å²) in [6.45, 7) is 5.15. The van der Waals surface area contributed by atoms with Crippen LogP contribution in [0.2, 0.25) is 0 Å². The minimum atomic E-state index is -1.12. The lowest BCUT2D eigenvalue weighted by Gasteiger charge is -2.25. The Balaban J connectivity index is 3.98. The zero-order chi connectivity index (χ0) is 8.91. The summed E-state index contributed by atoms with van der Waals surface area (Å²) < 4.78 is 5.16. The third-order valence-corrected chi connectivity index (χ3v) is 1.06. The Morgan fingerprint density at radius 3 is 2.55 bits per heavy atom. The van der Waals surface area contributed by atoms with Gasteiger partial charge in [0.1, 0.15) is 0 Å². The maximum absolute atomic E-state index is 10.4. The van der Waals surface area contributed by atoms with E-state index in [2.05, 4.69) is 5.23 Å². The summed E-state index contributed by atoms with van der Waals surface area (Å²) in [6.07, 6.45) is 0.525. The van der Waals surface area contributed by atoms with Crippen molar-refractivity contribution in [3.05, 3.63) is 0 Å². The lowest BCUT2D eigenvalue weighted by molar-refractivity contribution is -0.137. The molecule has 4 nitrogen and oxygen atoms in total. The molecule has 0 amide bonds. The molecule has 0 rings (SSSR count). The molecule has 1 unspecified atom stereocenters. The molecule has 2 N–H and O–H groups in total. The van der Waals surface area contributed by atoms with Crippen LogP contribution >= 0.6 is 0 Å². The van der Waals surface area contributed by atoms with Crippen LogP contribution in [-0.4, -0.2) is 30.8 Å². The van der Waals surface area contributed by atoms with Gasteiger partial charge in [0.25, 0.3) is 0 Å². The smallest absolute Gasteiger partial charge is 0.395 e. The molecule has 1 radical (unpaired) electrons. The summed E-state index contributed by atoms with van der Waals surface area (Å²) in [4.78, 5) is 10.4. The summed E-state index contributed by atoms with van der Waals surface area (Å²) in [5.74, 6) is 0. The van der Waals surface area contributed by atoms with Gasteiger partial charge in [-0.2, -0.15) is 0 Å². The Bertz CT molecular complexity index is 131. The Hall–Kier alpha value is -0.385. The highest BCUT2D eigenvalue weighted by Crippen LogP contribution is 2.04. The lowest BCUT2D eigenvalue weighted by atomic mass is 10.1. The number of aldehydes is 1. The molecule has 0 aliphatic rings. The van der Waals surface area contributed by atoms with Crippen LogP contribution in [0.5, 0.6) is 0 Å². The van der Waals surface area contributed by atoms with E-state index in [1.54, 1.807) is 13.8 Å². The van der Waals surface area contributed by atoms with Crippen LogP contribution in [0.4, 0.5) is 0 Å². The van der Waals surface area contributed by atoms with Gasteiger partial charge in [0, 0.05) is 0 Å². The number of carbonyl (C=O) groups is 1. The number of nitrogens with one attached hydrogen (secondary N) is 1. The molecule has 0 aromatic rings. The molecular formula is C6H13BNO3. The molecule has 1 atom stereocenters. The van der Waals surface area contributed by atoms with Crippen LogP contribution in [0.15, 0.2) is 0 Å². The summed E-state index contributed by atoms with van der Waals surface area (Å²) in [5.41, 5.74) is -1.12. The molecule has 11 heavy (non-hydrogen) atoms. The van der Waals surface area contributed by atoms with Gasteiger partial charge in [-0.3, -0.25) is 4.79 Å². The minimum absolute atomic E-state index is 0.0716. The van der Waals surface area contributed by atoms with Gasteiger partial charge in [0.15, 0.2) is 12.0 Å². The Labute approximate surface area is 67.2 Å². The summed E-state index contributed by atoms with van der Waals surface area (Å²) in [5, 5.41) is 10.8. The second-order valence-electron chi connectivity index (χ2n) is 2.66. The van der Waals surface area contributed by atoms with Gasteiger partial charge in [0.2, 0.25) is 0 Å². The number of ether oxygens (including phenoxy) is 1. The molecule has 0 aromatic carbocycles. The third-order valence-electron chi connectivity index (χ3n) is 1.06. The quantitative estimate of drug-likeness (QED) is 0.320. The molecule has 0 spiro atoms. The highest BCUT2D eigenvalue weighted by atomic mass is 16.5. The highest BCUT2D eigenvalue weighted by Gasteiger charge is 2.24. The van der Waals surface area contributed by atoms with Crippen LogP contribution in [0.25, 0.3) is 0 Å². The standard InChI is InChI=1S/C6H13BNO3/c1-5(2)11-6(3,4-9)8-7-10/h4-5,8,10H,1-3H3. The molecule has 0 aromatic heterocycles. The van der Waals surface area contributed by atoms with E-state index >= 15 is 0 Å². The monoisotopic (exact) mass is 158 g/mol. The van der Waals surface area contributed by atoms with Crippen LogP contribution in [-0.2, 0) is 9.53 Å². The Kier molecular flexibility index (Phi) is 4.33. The largest absolute Gasteiger partial charge is 0.440 e. The van der Waals surface area contributed by atoms with Crippen molar-refractivity contribution in [1.29, 1.82) is 0 Å². The normalized spacial score (nSPS) is 16.1. The maximum Gasteiger partial charge on any atom is 0.395 e. The first-order valence-corrected chi connectivity index (χ1v) is 3.42. The van der Waals surface area contributed by atoms with Crippen LogP contribution < -0.4 is 5.23 Å². The van der Waals surface area contributed by atoms with Gasteiger partial charge in [0.05, 0.1) is 6.10 Å². The van der Waals surface area contributed by atoms with Gasteiger partial charge in [-0.25, -0.2) is 0 Å². The van der Waals surface area contributed by atoms with E-state index in [0.29, 0.717) is 13.9 Å². The van der Waals surface area contributed by atoms with Crippen molar-refractivity contribution in [1.82, 2.24) is 5.23 Å². The van der Waals surface area contributed by atoms with Gasteiger partial charge >= 0.3 is 7.62 Å². The van der Waals surface area contributed by atoms with Crippen molar-refractivity contribution in [3.63, 3.8) is 0 Å². The molecule has 0 heterocycles. The lowest BCUT2D eigenvalue weighted by Crippen LogP contribution is -2.49. The van der Waals surface area contributed by atoms with Crippen molar-refractivity contribution in [2.24, 2.45) is 0 Å². The van der Waals surface area contributed by atoms with Gasteiger partial charge in [-0.15, -0.1) is 0 Å². The van der Waals surface area contributed by atoms with Gasteiger partial charge in [-0.1, -0.05) is 0 Å². The predicted octanol–water partition coefficient (Wildman–Crippen LogP) is -0.557. The molecule has 0 fully saturated rings. The predicted molar refractivity (Wildman–Crippen MR) is 41.8 cm³/mol. The topological polar surface area (TPSA) is 58.6 Å². The molecule has 5 heteroatoms. The van der Waals surface area contributed by atoms with Crippen molar-refractivity contribution < 1.29 is 14.6 Å². The second-order valence-corrected chi connectivity index (χ2v) is 2.66. The van der Waals surface area contributed by atoms with E-state index in [4.69, 9.17) is 9.76 Å². The third kappa shape index (κ3) is 4.13. The molecule has 0 saturated heterocycles. The average molecular weight is 158 g/mol. The minimum Gasteiger partial charge on any atom is -0.440 e. The summed E-state index contributed by atoms with van der Waals surface area (Å²) in [6, 6.07) is 0. The van der Waals surface area contributed by atoms with Crippen LogP contribution in [0.3, 0.4) is 0 Å².